The van der Waals surface area contributed by atoms with Crippen LogP contribution < -0.4 is 0 Å². The lowest BCUT2D eigenvalue weighted by Crippen LogP contribution is -1.82. The van der Waals surface area contributed by atoms with Gasteiger partial charge in [-0.2, -0.15) is 0 Å². The predicted molar refractivity (Wildman–Crippen MR) is 23.2 cm³/mol. The van der Waals surface area contributed by atoms with Crippen LogP contribution in [0.25, 0.3) is 0 Å². The van der Waals surface area contributed by atoms with Crippen molar-refractivity contribution in [2.75, 3.05) is 21.3 Å². The van der Waals surface area contributed by atoms with Gasteiger partial charge < -0.3 is 5.11 Å². The monoisotopic (exact) mass is 110 g/mol. The van der Waals surface area contributed by atoms with E-state index in [1.807, 2.05) is 0 Å². The van der Waals surface area contributed by atoms with E-state index < -0.39 is 0 Å². The van der Waals surface area contributed by atoms with Crippen LogP contribution in [0.4, 0.5) is 0 Å². The summed E-state index contributed by atoms with van der Waals surface area (Å²) in [6.07, 6.45) is 0. The summed E-state index contributed by atoms with van der Waals surface area (Å²) in [4.78, 5) is 7.94. The summed E-state index contributed by atoms with van der Waals surface area (Å²) in [5, 5.41) is 10.8. The third-order valence-electron chi connectivity index (χ3n) is 0.136. The molecule has 0 saturated carbocycles. The first-order valence-corrected chi connectivity index (χ1v) is 1.60. The predicted octanol–water partition coefficient (Wildman–Crippen LogP) is -0.266. The van der Waals surface area contributed by atoms with E-state index >= 15 is 0 Å². The maximum absolute atomic E-state index is 7.00. The minimum Gasteiger partial charge on any atom is -0.400 e. The Morgan fingerprint density at radius 3 is 1.29 bits per heavy atom. The zero-order valence-electron chi connectivity index (χ0n) is 4.67. The lowest BCUT2D eigenvalue weighted by molar-refractivity contribution is -0.491. The molecule has 0 spiro atoms. The van der Waals surface area contributed by atoms with Crippen molar-refractivity contribution >= 4 is 0 Å². The van der Waals surface area contributed by atoms with Crippen LogP contribution in [0.15, 0.2) is 0 Å². The molecule has 0 amide bonds. The van der Waals surface area contributed by atoms with Crippen LogP contribution in [0, 0.1) is 0 Å². The quantitative estimate of drug-likeness (QED) is 0.393. The molecule has 1 N–H and O–H groups in total. The SMILES string of the molecule is CO.COOOC. The molecule has 0 aliphatic carbocycles. The van der Waals surface area contributed by atoms with Crippen molar-refractivity contribution in [2.45, 2.75) is 0 Å². The highest BCUT2D eigenvalue weighted by Gasteiger charge is 1.62. The van der Waals surface area contributed by atoms with Crippen LogP contribution >= 0.6 is 0 Å². The van der Waals surface area contributed by atoms with Crippen LogP contribution in [0.2, 0.25) is 0 Å². The highest BCUT2D eigenvalue weighted by atomic mass is 17.5. The summed E-state index contributed by atoms with van der Waals surface area (Å²) in [5.74, 6) is 0. The molecular weight excluding hydrogens is 100 g/mol. The van der Waals surface area contributed by atoms with Crippen molar-refractivity contribution in [3.63, 3.8) is 0 Å². The van der Waals surface area contributed by atoms with Crippen molar-refractivity contribution in [1.82, 2.24) is 0 Å². The normalized spacial score (nSPS) is 6.86. The number of hydrogen-bond donors (Lipinski definition) is 1. The Hall–Kier alpha value is -0.160. The van der Waals surface area contributed by atoms with E-state index in [2.05, 4.69) is 14.8 Å². The average molecular weight is 110 g/mol. The molecule has 0 atom stereocenters. The first-order chi connectivity index (χ1) is 3.41. The molecule has 0 radical (unpaired) electrons. The topological polar surface area (TPSA) is 47.9 Å². The number of aliphatic hydroxyl groups excluding tert-OH is 1. The van der Waals surface area contributed by atoms with Gasteiger partial charge in [-0.15, -0.1) is 0 Å². The maximum Gasteiger partial charge on any atom is 0.0744 e. The van der Waals surface area contributed by atoms with Gasteiger partial charge in [0.15, 0.2) is 0 Å². The van der Waals surface area contributed by atoms with Gasteiger partial charge in [0.25, 0.3) is 0 Å². The van der Waals surface area contributed by atoms with E-state index in [1.54, 1.807) is 0 Å². The van der Waals surface area contributed by atoms with Crippen molar-refractivity contribution in [3.8, 4) is 0 Å². The Balaban J connectivity index is 0. The highest BCUT2D eigenvalue weighted by Crippen LogP contribution is 1.64. The lowest BCUT2D eigenvalue weighted by atomic mass is 11.7. The Bertz CT molecular complexity index is 14.4. The lowest BCUT2D eigenvalue weighted by Gasteiger charge is -1.85. The molecule has 0 aliphatic rings. The molecule has 0 rings (SSSR count). The molecule has 0 aliphatic heterocycles. The molecule has 0 saturated heterocycles. The van der Waals surface area contributed by atoms with Gasteiger partial charge in [-0.25, -0.2) is 9.78 Å². The van der Waals surface area contributed by atoms with Crippen molar-refractivity contribution < 1.29 is 19.9 Å². The van der Waals surface area contributed by atoms with Crippen LogP contribution in [-0.2, 0) is 14.8 Å². The Morgan fingerprint density at radius 1 is 1.00 bits per heavy atom. The molecular formula is C3H10O4. The zero-order chi connectivity index (χ0) is 6.12. The molecule has 7 heavy (non-hydrogen) atoms. The third kappa shape index (κ3) is 25.4. The second-order valence-electron chi connectivity index (χ2n) is 0.401. The number of rotatable bonds is 2. The van der Waals surface area contributed by atoms with Crippen molar-refractivity contribution in [1.29, 1.82) is 0 Å². The maximum atomic E-state index is 7.00. The number of hydrogen-bond acceptors (Lipinski definition) is 4. The van der Waals surface area contributed by atoms with Crippen LogP contribution in [0.1, 0.15) is 0 Å². The van der Waals surface area contributed by atoms with Crippen molar-refractivity contribution in [3.05, 3.63) is 0 Å². The fraction of sp³-hybridized carbons (Fsp3) is 1.00. The Kier molecular flexibility index (Phi) is 24.1. The van der Waals surface area contributed by atoms with Crippen LogP contribution in [-0.4, -0.2) is 26.4 Å². The average Bonchev–Trinajstić information content (AvgIpc) is 1.75. The summed E-state index contributed by atoms with van der Waals surface area (Å²) in [6.45, 7) is 0. The second kappa shape index (κ2) is 17.0. The van der Waals surface area contributed by atoms with E-state index in [9.17, 15) is 0 Å². The minimum atomic E-state index is 1.00. The molecule has 4 heteroatoms. The van der Waals surface area contributed by atoms with Gasteiger partial charge in [-0.3, -0.25) is 0 Å². The van der Waals surface area contributed by atoms with E-state index in [4.69, 9.17) is 5.11 Å². The third-order valence-corrected chi connectivity index (χ3v) is 0.136. The smallest absolute Gasteiger partial charge is 0.0744 e. The molecule has 0 heterocycles. The fourth-order valence-corrected chi connectivity index (χ4v) is 0.0680. The minimum absolute atomic E-state index is 1.00. The van der Waals surface area contributed by atoms with Gasteiger partial charge >= 0.3 is 0 Å². The summed E-state index contributed by atoms with van der Waals surface area (Å²) < 4.78 is 0. The molecule has 0 fully saturated rings. The molecule has 0 aromatic heterocycles. The van der Waals surface area contributed by atoms with Gasteiger partial charge in [-0.05, 0) is 0 Å². The molecule has 0 bridgehead atoms. The van der Waals surface area contributed by atoms with Gasteiger partial charge in [0.2, 0.25) is 0 Å². The van der Waals surface area contributed by atoms with E-state index in [0.29, 0.717) is 0 Å². The first-order valence-electron chi connectivity index (χ1n) is 1.60. The van der Waals surface area contributed by atoms with Crippen molar-refractivity contribution in [2.24, 2.45) is 0 Å². The largest absolute Gasteiger partial charge is 0.400 e. The van der Waals surface area contributed by atoms with Crippen LogP contribution in [0.3, 0.4) is 0 Å². The van der Waals surface area contributed by atoms with E-state index in [1.165, 1.54) is 14.2 Å². The van der Waals surface area contributed by atoms with Gasteiger partial charge in [0.1, 0.15) is 0 Å². The Morgan fingerprint density at radius 2 is 1.29 bits per heavy atom. The fourth-order valence-electron chi connectivity index (χ4n) is 0.0680. The van der Waals surface area contributed by atoms with E-state index in [-0.39, 0.29) is 0 Å². The first kappa shape index (κ1) is 9.96. The van der Waals surface area contributed by atoms with E-state index in [0.717, 1.165) is 7.11 Å². The standard InChI is InChI=1S/C2H6O3.CH4O/c1-3-5-4-2;1-2/h1-2H3;2H,1H3. The number of aliphatic hydroxyl groups is 1. The molecule has 46 valence electrons. The summed E-state index contributed by atoms with van der Waals surface area (Å²) >= 11 is 0. The summed E-state index contributed by atoms with van der Waals surface area (Å²) in [6, 6.07) is 0. The summed E-state index contributed by atoms with van der Waals surface area (Å²) in [5.41, 5.74) is 0. The second-order valence-corrected chi connectivity index (χ2v) is 0.401. The molecule has 0 aromatic rings. The van der Waals surface area contributed by atoms with Crippen LogP contribution in [0.5, 0.6) is 0 Å². The van der Waals surface area contributed by atoms with Gasteiger partial charge in [-0.1, -0.05) is 5.04 Å². The summed E-state index contributed by atoms with van der Waals surface area (Å²) in [7, 11) is 3.73. The van der Waals surface area contributed by atoms with Gasteiger partial charge in [0, 0.05) is 7.11 Å². The Labute approximate surface area is 42.5 Å². The molecule has 4 nitrogen and oxygen atoms in total. The molecule has 0 aromatic carbocycles. The van der Waals surface area contributed by atoms with Gasteiger partial charge in [0.05, 0.1) is 14.2 Å². The molecule has 0 unspecified atom stereocenters. The zero-order valence-corrected chi connectivity index (χ0v) is 4.67. The highest BCUT2D eigenvalue weighted by molar-refractivity contribution is 3.43.